The second-order valence-corrected chi connectivity index (χ2v) is 9.79. The van der Waals surface area contributed by atoms with Crippen LogP contribution in [0.1, 0.15) is 42.5 Å². The van der Waals surface area contributed by atoms with Gasteiger partial charge in [0.2, 0.25) is 15.9 Å². The molecule has 0 radical (unpaired) electrons. The van der Waals surface area contributed by atoms with Gasteiger partial charge in [-0.05, 0) is 54.8 Å². The Morgan fingerprint density at radius 3 is 2.48 bits per heavy atom. The van der Waals surface area contributed by atoms with Crippen molar-refractivity contribution in [1.82, 2.24) is 9.62 Å². The van der Waals surface area contributed by atoms with E-state index in [1.54, 1.807) is 39.9 Å². The van der Waals surface area contributed by atoms with Gasteiger partial charge in [-0.25, -0.2) is 8.42 Å². The summed E-state index contributed by atoms with van der Waals surface area (Å²) >= 11 is 1.71. The van der Waals surface area contributed by atoms with Crippen LogP contribution in [-0.4, -0.2) is 31.7 Å². The molecule has 7 heteroatoms. The van der Waals surface area contributed by atoms with E-state index in [-0.39, 0.29) is 5.91 Å². The van der Waals surface area contributed by atoms with Crippen molar-refractivity contribution in [1.29, 1.82) is 0 Å². The SMILES string of the molecule is O=C(CCCc1cccs1)NCc1ccc(S(=O)(=O)N2CCCCC2)cc1. The maximum Gasteiger partial charge on any atom is 0.243 e. The zero-order valence-corrected chi connectivity index (χ0v) is 17.0. The highest BCUT2D eigenvalue weighted by atomic mass is 32.2. The maximum absolute atomic E-state index is 12.6. The van der Waals surface area contributed by atoms with Gasteiger partial charge in [-0.15, -0.1) is 11.3 Å². The monoisotopic (exact) mass is 406 g/mol. The van der Waals surface area contributed by atoms with Crippen molar-refractivity contribution >= 4 is 27.3 Å². The molecule has 1 aliphatic rings. The number of rotatable bonds is 8. The second-order valence-electron chi connectivity index (χ2n) is 6.82. The molecule has 0 aliphatic carbocycles. The van der Waals surface area contributed by atoms with Gasteiger partial charge in [-0.3, -0.25) is 4.79 Å². The third-order valence-corrected chi connectivity index (χ3v) is 7.62. The number of carbonyl (C=O) groups excluding carboxylic acids is 1. The molecule has 2 aromatic rings. The first-order valence-corrected chi connectivity index (χ1v) is 11.8. The van der Waals surface area contributed by atoms with Crippen molar-refractivity contribution in [3.63, 3.8) is 0 Å². The molecule has 0 bridgehead atoms. The molecule has 3 rings (SSSR count). The lowest BCUT2D eigenvalue weighted by Crippen LogP contribution is -2.35. The van der Waals surface area contributed by atoms with Crippen molar-refractivity contribution in [3.8, 4) is 0 Å². The van der Waals surface area contributed by atoms with E-state index >= 15 is 0 Å². The zero-order valence-electron chi connectivity index (χ0n) is 15.4. The van der Waals surface area contributed by atoms with Crippen LogP contribution in [0.25, 0.3) is 0 Å². The summed E-state index contributed by atoms with van der Waals surface area (Å²) in [6.45, 7) is 1.62. The van der Waals surface area contributed by atoms with Crippen molar-refractivity contribution in [3.05, 3.63) is 52.2 Å². The van der Waals surface area contributed by atoms with Crippen molar-refractivity contribution in [2.24, 2.45) is 0 Å². The normalized spacial score (nSPS) is 15.6. The molecule has 0 saturated carbocycles. The van der Waals surface area contributed by atoms with Crippen molar-refractivity contribution in [2.45, 2.75) is 50.0 Å². The number of thiophene rings is 1. The summed E-state index contributed by atoms with van der Waals surface area (Å²) in [4.78, 5) is 13.6. The van der Waals surface area contributed by atoms with Crippen LogP contribution in [0.5, 0.6) is 0 Å². The molecule has 1 saturated heterocycles. The number of nitrogens with zero attached hydrogens (tertiary/aromatic N) is 1. The summed E-state index contributed by atoms with van der Waals surface area (Å²) in [6.07, 6.45) is 5.20. The zero-order chi connectivity index (χ0) is 19.1. The average Bonchev–Trinajstić information content (AvgIpc) is 3.21. The van der Waals surface area contributed by atoms with Gasteiger partial charge in [0.1, 0.15) is 0 Å². The lowest BCUT2D eigenvalue weighted by Gasteiger charge is -2.25. The van der Waals surface area contributed by atoms with Gasteiger partial charge in [0.25, 0.3) is 0 Å². The molecule has 2 heterocycles. The van der Waals surface area contributed by atoms with Gasteiger partial charge in [0, 0.05) is 30.9 Å². The first-order valence-electron chi connectivity index (χ1n) is 9.44. The Hall–Kier alpha value is -1.70. The van der Waals surface area contributed by atoms with Gasteiger partial charge in [-0.2, -0.15) is 4.31 Å². The van der Waals surface area contributed by atoms with E-state index in [2.05, 4.69) is 11.4 Å². The molecule has 5 nitrogen and oxygen atoms in total. The van der Waals surface area contributed by atoms with E-state index in [0.29, 0.717) is 31.0 Å². The molecule has 0 spiro atoms. The molecule has 27 heavy (non-hydrogen) atoms. The summed E-state index contributed by atoms with van der Waals surface area (Å²) < 4.78 is 26.8. The number of carbonyl (C=O) groups is 1. The Kier molecular flexibility index (Phi) is 7.04. The lowest BCUT2D eigenvalue weighted by molar-refractivity contribution is -0.121. The van der Waals surface area contributed by atoms with Crippen LogP contribution in [0.15, 0.2) is 46.7 Å². The number of hydrogen-bond donors (Lipinski definition) is 1. The van der Waals surface area contributed by atoms with Gasteiger partial charge < -0.3 is 5.32 Å². The topological polar surface area (TPSA) is 66.5 Å². The maximum atomic E-state index is 12.6. The van der Waals surface area contributed by atoms with Crippen LogP contribution in [0.4, 0.5) is 0 Å². The van der Waals surface area contributed by atoms with E-state index in [4.69, 9.17) is 0 Å². The van der Waals surface area contributed by atoms with E-state index in [1.165, 1.54) is 4.88 Å². The van der Waals surface area contributed by atoms with E-state index in [1.807, 2.05) is 11.4 Å². The van der Waals surface area contributed by atoms with Gasteiger partial charge >= 0.3 is 0 Å². The Morgan fingerprint density at radius 2 is 1.81 bits per heavy atom. The molecule has 1 amide bonds. The minimum absolute atomic E-state index is 0.0246. The van der Waals surface area contributed by atoms with Crippen LogP contribution in [-0.2, 0) is 27.8 Å². The summed E-state index contributed by atoms with van der Waals surface area (Å²) in [5, 5.41) is 4.95. The number of aryl methyl sites for hydroxylation is 1. The highest BCUT2D eigenvalue weighted by molar-refractivity contribution is 7.89. The summed E-state index contributed by atoms with van der Waals surface area (Å²) in [6, 6.07) is 11.0. The Bertz CT molecular complexity index is 825. The number of nitrogens with one attached hydrogen (secondary N) is 1. The smallest absolute Gasteiger partial charge is 0.243 e. The van der Waals surface area contributed by atoms with E-state index < -0.39 is 10.0 Å². The molecule has 146 valence electrons. The summed E-state index contributed by atoms with van der Waals surface area (Å²) in [7, 11) is -3.40. The quantitative estimate of drug-likeness (QED) is 0.729. The van der Waals surface area contributed by atoms with E-state index in [9.17, 15) is 13.2 Å². The fourth-order valence-corrected chi connectivity index (χ4v) is 5.47. The highest BCUT2D eigenvalue weighted by Crippen LogP contribution is 2.21. The molecule has 0 unspecified atom stereocenters. The van der Waals surface area contributed by atoms with Gasteiger partial charge in [0.05, 0.1) is 4.90 Å². The molecular formula is C20H26N2O3S2. The van der Waals surface area contributed by atoms with Crippen LogP contribution < -0.4 is 5.32 Å². The second kappa shape index (κ2) is 9.48. The molecule has 1 fully saturated rings. The predicted molar refractivity (Wildman–Crippen MR) is 108 cm³/mol. The average molecular weight is 407 g/mol. The fraction of sp³-hybridized carbons (Fsp3) is 0.450. The van der Waals surface area contributed by atoms with Crippen LogP contribution >= 0.6 is 11.3 Å². The first-order chi connectivity index (χ1) is 13.1. The molecule has 1 N–H and O–H groups in total. The molecular weight excluding hydrogens is 380 g/mol. The Labute approximate surface area is 165 Å². The number of amides is 1. The third-order valence-electron chi connectivity index (χ3n) is 4.77. The molecule has 1 aliphatic heterocycles. The molecule has 1 aromatic heterocycles. The standard InChI is InChI=1S/C20H26N2O3S2/c23-20(8-4-6-18-7-5-15-26-18)21-16-17-9-11-19(12-10-17)27(24,25)22-13-2-1-3-14-22/h5,7,9-12,15H,1-4,6,8,13-14,16H2,(H,21,23). The van der Waals surface area contributed by atoms with Crippen LogP contribution in [0, 0.1) is 0 Å². The lowest BCUT2D eigenvalue weighted by atomic mass is 10.2. The number of hydrogen-bond acceptors (Lipinski definition) is 4. The number of piperidine rings is 1. The minimum atomic E-state index is -3.40. The third kappa shape index (κ3) is 5.64. The minimum Gasteiger partial charge on any atom is -0.352 e. The van der Waals surface area contributed by atoms with Gasteiger partial charge in [-0.1, -0.05) is 24.6 Å². The molecule has 0 atom stereocenters. The number of benzene rings is 1. The fourth-order valence-electron chi connectivity index (χ4n) is 3.20. The number of sulfonamides is 1. The summed E-state index contributed by atoms with van der Waals surface area (Å²) in [5.41, 5.74) is 0.902. The van der Waals surface area contributed by atoms with E-state index in [0.717, 1.165) is 37.7 Å². The first kappa shape index (κ1) is 20.0. The van der Waals surface area contributed by atoms with Crippen molar-refractivity contribution in [2.75, 3.05) is 13.1 Å². The molecule has 1 aromatic carbocycles. The largest absolute Gasteiger partial charge is 0.352 e. The summed E-state index contributed by atoms with van der Waals surface area (Å²) in [5.74, 6) is 0.0246. The predicted octanol–water partition coefficient (Wildman–Crippen LogP) is 3.56. The highest BCUT2D eigenvalue weighted by Gasteiger charge is 2.25. The van der Waals surface area contributed by atoms with Crippen molar-refractivity contribution < 1.29 is 13.2 Å². The van der Waals surface area contributed by atoms with Gasteiger partial charge in [0.15, 0.2) is 0 Å². The van der Waals surface area contributed by atoms with Crippen LogP contribution in [0.2, 0.25) is 0 Å². The Morgan fingerprint density at radius 1 is 1.07 bits per heavy atom. The Balaban J connectivity index is 1.46. The van der Waals surface area contributed by atoms with Crippen LogP contribution in [0.3, 0.4) is 0 Å².